The molecule has 0 aliphatic heterocycles. The fourth-order valence-electron chi connectivity index (χ4n) is 1.91. The molecule has 2 rings (SSSR count). The number of aromatic carboxylic acids is 1. The highest BCUT2D eigenvalue weighted by molar-refractivity contribution is 6.10. The molecule has 0 unspecified atom stereocenters. The molecule has 2 aromatic carbocycles. The van der Waals surface area contributed by atoms with Gasteiger partial charge in [-0.3, -0.25) is 4.79 Å². The van der Waals surface area contributed by atoms with Crippen LogP contribution in [-0.2, 0) is 0 Å². The van der Waals surface area contributed by atoms with Gasteiger partial charge in [0, 0.05) is 5.69 Å². The second kappa shape index (κ2) is 7.26. The minimum atomic E-state index is -1.14. The van der Waals surface area contributed by atoms with E-state index >= 15 is 0 Å². The van der Waals surface area contributed by atoms with Crippen molar-refractivity contribution in [2.24, 2.45) is 0 Å². The molecule has 0 atom stereocenters. The molecule has 0 radical (unpaired) electrons. The van der Waals surface area contributed by atoms with E-state index in [-0.39, 0.29) is 11.1 Å². The first-order valence-corrected chi connectivity index (χ1v) is 6.98. The Bertz CT molecular complexity index is 735. The lowest BCUT2D eigenvalue weighted by Gasteiger charge is -2.09. The third-order valence-electron chi connectivity index (χ3n) is 3.00. The standard InChI is InChI=1S/C18H17NO4/c1-12(2)11-23-14-9-7-13(8-10-14)19-17(20)15-5-3-4-6-16(15)18(21)22/h3-10H,1,11H2,2H3,(H,19,20)(H,21,22). The van der Waals surface area contributed by atoms with Crippen LogP contribution in [0, 0.1) is 0 Å². The van der Waals surface area contributed by atoms with Crippen molar-refractivity contribution in [3.8, 4) is 5.75 Å². The quantitative estimate of drug-likeness (QED) is 0.799. The summed E-state index contributed by atoms with van der Waals surface area (Å²) in [6, 6.07) is 12.9. The number of carbonyl (C=O) groups is 2. The molecule has 0 aliphatic rings. The molecule has 0 spiro atoms. The van der Waals surface area contributed by atoms with Crippen LogP contribution < -0.4 is 10.1 Å². The molecule has 5 nitrogen and oxygen atoms in total. The van der Waals surface area contributed by atoms with Crippen LogP contribution in [0.15, 0.2) is 60.7 Å². The molecule has 0 bridgehead atoms. The van der Waals surface area contributed by atoms with Gasteiger partial charge >= 0.3 is 5.97 Å². The molecule has 2 aromatic rings. The lowest BCUT2D eigenvalue weighted by atomic mass is 10.1. The summed E-state index contributed by atoms with van der Waals surface area (Å²) in [5.74, 6) is -0.949. The normalized spacial score (nSPS) is 9.96. The zero-order valence-corrected chi connectivity index (χ0v) is 12.7. The van der Waals surface area contributed by atoms with Gasteiger partial charge in [0.15, 0.2) is 0 Å². The summed E-state index contributed by atoms with van der Waals surface area (Å²) < 4.78 is 5.47. The Hall–Kier alpha value is -3.08. The molecule has 0 saturated heterocycles. The average molecular weight is 311 g/mol. The summed E-state index contributed by atoms with van der Waals surface area (Å²) in [6.45, 7) is 6.05. The van der Waals surface area contributed by atoms with Crippen LogP contribution in [0.4, 0.5) is 5.69 Å². The maximum absolute atomic E-state index is 12.2. The second-order valence-electron chi connectivity index (χ2n) is 5.08. The van der Waals surface area contributed by atoms with Crippen LogP contribution in [0.5, 0.6) is 5.75 Å². The topological polar surface area (TPSA) is 75.6 Å². The van der Waals surface area contributed by atoms with E-state index in [1.807, 2.05) is 6.92 Å². The van der Waals surface area contributed by atoms with Gasteiger partial charge in [-0.2, -0.15) is 0 Å². The summed E-state index contributed by atoms with van der Waals surface area (Å²) in [7, 11) is 0. The third-order valence-corrected chi connectivity index (χ3v) is 3.00. The predicted octanol–water partition coefficient (Wildman–Crippen LogP) is 3.59. The van der Waals surface area contributed by atoms with Crippen LogP contribution in [0.25, 0.3) is 0 Å². The monoisotopic (exact) mass is 311 g/mol. The lowest BCUT2D eigenvalue weighted by Crippen LogP contribution is -2.16. The van der Waals surface area contributed by atoms with Gasteiger partial charge in [-0.25, -0.2) is 4.79 Å². The summed E-state index contributed by atoms with van der Waals surface area (Å²) in [5, 5.41) is 11.8. The van der Waals surface area contributed by atoms with Crippen molar-refractivity contribution in [3.63, 3.8) is 0 Å². The molecule has 0 aromatic heterocycles. The molecule has 0 fully saturated rings. The van der Waals surface area contributed by atoms with Gasteiger partial charge in [0.1, 0.15) is 12.4 Å². The number of carboxylic acids is 1. The average Bonchev–Trinajstić information content (AvgIpc) is 2.54. The van der Waals surface area contributed by atoms with Gasteiger partial charge < -0.3 is 15.2 Å². The fraction of sp³-hybridized carbons (Fsp3) is 0.111. The first-order valence-electron chi connectivity index (χ1n) is 6.98. The maximum Gasteiger partial charge on any atom is 0.336 e. The van der Waals surface area contributed by atoms with E-state index in [0.717, 1.165) is 5.57 Å². The Balaban J connectivity index is 2.09. The van der Waals surface area contributed by atoms with E-state index < -0.39 is 11.9 Å². The molecule has 5 heteroatoms. The van der Waals surface area contributed by atoms with Gasteiger partial charge in [-0.15, -0.1) is 0 Å². The molecule has 0 heterocycles. The van der Waals surface area contributed by atoms with Crippen LogP contribution in [0.3, 0.4) is 0 Å². The minimum absolute atomic E-state index is 0.0357. The largest absolute Gasteiger partial charge is 0.489 e. The van der Waals surface area contributed by atoms with E-state index in [0.29, 0.717) is 18.0 Å². The van der Waals surface area contributed by atoms with Crippen LogP contribution in [-0.4, -0.2) is 23.6 Å². The van der Waals surface area contributed by atoms with Crippen LogP contribution >= 0.6 is 0 Å². The molecule has 118 valence electrons. The number of rotatable bonds is 6. The van der Waals surface area contributed by atoms with Crippen molar-refractivity contribution in [2.45, 2.75) is 6.92 Å². The number of carbonyl (C=O) groups excluding carboxylic acids is 1. The second-order valence-corrected chi connectivity index (χ2v) is 5.08. The number of nitrogens with one attached hydrogen (secondary N) is 1. The molecule has 0 aliphatic carbocycles. The highest BCUT2D eigenvalue weighted by Gasteiger charge is 2.15. The third kappa shape index (κ3) is 4.44. The van der Waals surface area contributed by atoms with Gasteiger partial charge in [0.2, 0.25) is 0 Å². The molecule has 23 heavy (non-hydrogen) atoms. The van der Waals surface area contributed by atoms with Gasteiger partial charge in [0.05, 0.1) is 11.1 Å². The van der Waals surface area contributed by atoms with Gasteiger partial charge in [0.25, 0.3) is 5.91 Å². The molecule has 1 amide bonds. The first-order chi connectivity index (χ1) is 11.0. The SMILES string of the molecule is C=C(C)COc1ccc(NC(=O)c2ccccc2C(=O)O)cc1. The van der Waals surface area contributed by atoms with E-state index in [9.17, 15) is 9.59 Å². The highest BCUT2D eigenvalue weighted by atomic mass is 16.5. The van der Waals surface area contributed by atoms with Crippen molar-refractivity contribution in [2.75, 3.05) is 11.9 Å². The zero-order valence-electron chi connectivity index (χ0n) is 12.7. The Morgan fingerprint density at radius 3 is 2.26 bits per heavy atom. The number of hydrogen-bond donors (Lipinski definition) is 2. The Labute approximate surface area is 134 Å². The Kier molecular flexibility index (Phi) is 5.15. The Morgan fingerprint density at radius 2 is 1.70 bits per heavy atom. The Morgan fingerprint density at radius 1 is 1.09 bits per heavy atom. The van der Waals surface area contributed by atoms with E-state index in [1.54, 1.807) is 36.4 Å². The molecular formula is C18H17NO4. The number of ether oxygens (including phenoxy) is 1. The van der Waals surface area contributed by atoms with Crippen molar-refractivity contribution >= 4 is 17.6 Å². The van der Waals surface area contributed by atoms with E-state index in [4.69, 9.17) is 9.84 Å². The molecule has 2 N–H and O–H groups in total. The summed E-state index contributed by atoms with van der Waals surface area (Å²) >= 11 is 0. The van der Waals surface area contributed by atoms with Crippen LogP contribution in [0.1, 0.15) is 27.6 Å². The summed E-state index contributed by atoms with van der Waals surface area (Å²) in [4.78, 5) is 23.4. The zero-order chi connectivity index (χ0) is 16.8. The number of carboxylic acid groups (broad SMARTS) is 1. The molecular weight excluding hydrogens is 294 g/mol. The summed E-state index contributed by atoms with van der Waals surface area (Å²) in [6.07, 6.45) is 0. The number of hydrogen-bond acceptors (Lipinski definition) is 3. The number of anilines is 1. The smallest absolute Gasteiger partial charge is 0.336 e. The van der Waals surface area contributed by atoms with Crippen molar-refractivity contribution < 1.29 is 19.4 Å². The van der Waals surface area contributed by atoms with Crippen molar-refractivity contribution in [3.05, 3.63) is 71.8 Å². The van der Waals surface area contributed by atoms with E-state index in [2.05, 4.69) is 11.9 Å². The number of benzene rings is 2. The van der Waals surface area contributed by atoms with E-state index in [1.165, 1.54) is 12.1 Å². The number of amides is 1. The summed E-state index contributed by atoms with van der Waals surface area (Å²) in [5.41, 5.74) is 1.54. The lowest BCUT2D eigenvalue weighted by molar-refractivity contribution is 0.0692. The molecule has 0 saturated carbocycles. The van der Waals surface area contributed by atoms with Crippen molar-refractivity contribution in [1.82, 2.24) is 0 Å². The maximum atomic E-state index is 12.2. The fourth-order valence-corrected chi connectivity index (χ4v) is 1.91. The first kappa shape index (κ1) is 16.3. The van der Waals surface area contributed by atoms with Crippen molar-refractivity contribution in [1.29, 1.82) is 0 Å². The van der Waals surface area contributed by atoms with Crippen LogP contribution in [0.2, 0.25) is 0 Å². The highest BCUT2D eigenvalue weighted by Crippen LogP contribution is 2.18. The predicted molar refractivity (Wildman–Crippen MR) is 88.1 cm³/mol. The van der Waals surface area contributed by atoms with Gasteiger partial charge in [-0.1, -0.05) is 18.7 Å². The van der Waals surface area contributed by atoms with Gasteiger partial charge in [-0.05, 0) is 48.9 Å². The minimum Gasteiger partial charge on any atom is -0.489 e.